The minimum atomic E-state index is -0.654. The van der Waals surface area contributed by atoms with Crippen LogP contribution < -0.4 is 10.6 Å². The zero-order valence-electron chi connectivity index (χ0n) is 28.9. The normalized spacial score (nSPS) is 21.3. The highest BCUT2D eigenvalue weighted by Gasteiger charge is 2.49. The smallest absolute Gasteiger partial charge is 0.407 e. The Morgan fingerprint density at radius 3 is 2.37 bits per heavy atom. The summed E-state index contributed by atoms with van der Waals surface area (Å²) >= 11 is 0. The fourth-order valence-corrected chi connectivity index (χ4v) is 8.66. The monoisotopic (exact) mass is 698 g/mol. The number of methoxy groups -OCH3 is 1. The van der Waals surface area contributed by atoms with Gasteiger partial charge in [0.1, 0.15) is 18.2 Å². The van der Waals surface area contributed by atoms with Gasteiger partial charge in [0.05, 0.1) is 48.7 Å². The third-order valence-corrected chi connectivity index (χ3v) is 11.3. The number of amides is 3. The van der Waals surface area contributed by atoms with Crippen LogP contribution >= 0.6 is 0 Å². The Labute approximate surface area is 299 Å². The number of carbonyl (C=O) groups excluding carboxylic acids is 4. The first kappa shape index (κ1) is 32.1. The molecule has 0 spiro atoms. The van der Waals surface area contributed by atoms with Crippen molar-refractivity contribution in [1.82, 2.24) is 40.4 Å². The van der Waals surface area contributed by atoms with Gasteiger partial charge in [0.2, 0.25) is 11.8 Å². The number of nitrogens with zero attached hydrogens (tertiary/aromatic N) is 4. The molecule has 2 bridgehead atoms. The van der Waals surface area contributed by atoms with Gasteiger partial charge in [-0.3, -0.25) is 14.4 Å². The molecule has 13 heteroatoms. The van der Waals surface area contributed by atoms with Crippen LogP contribution in [0, 0.1) is 5.92 Å². The Kier molecular flexibility index (Phi) is 7.69. The van der Waals surface area contributed by atoms with Crippen molar-refractivity contribution < 1.29 is 23.9 Å². The Hall–Kier alpha value is -5.82. The number of benzene rings is 3. The van der Waals surface area contributed by atoms with Crippen molar-refractivity contribution >= 4 is 34.7 Å². The predicted octanol–water partition coefficient (Wildman–Crippen LogP) is 4.73. The van der Waals surface area contributed by atoms with E-state index in [2.05, 4.69) is 42.5 Å². The highest BCUT2D eigenvalue weighted by molar-refractivity contribution is 6.22. The number of rotatable bonds is 8. The van der Waals surface area contributed by atoms with E-state index in [1.807, 2.05) is 47.4 Å². The van der Waals surface area contributed by atoms with Crippen LogP contribution in [0.15, 0.2) is 60.8 Å². The minimum absolute atomic E-state index is 0.0326. The lowest BCUT2D eigenvalue weighted by Crippen LogP contribution is -2.49. The molecule has 4 heterocycles. The molecule has 2 aliphatic heterocycles. The van der Waals surface area contributed by atoms with Gasteiger partial charge in [-0.25, -0.2) is 14.8 Å². The van der Waals surface area contributed by atoms with Crippen molar-refractivity contribution in [3.8, 4) is 33.5 Å². The number of nitrogens with one attached hydrogen (secondary N) is 4. The summed E-state index contributed by atoms with van der Waals surface area (Å²) in [6.07, 6.45) is 5.01. The number of ether oxygens (including phenoxy) is 1. The number of imidazole rings is 2. The van der Waals surface area contributed by atoms with Gasteiger partial charge >= 0.3 is 6.09 Å². The molecule has 1 unspecified atom stereocenters. The lowest BCUT2D eigenvalue weighted by Gasteiger charge is -2.39. The molecule has 13 nitrogen and oxygen atoms in total. The molecule has 5 aromatic rings. The van der Waals surface area contributed by atoms with E-state index in [1.54, 1.807) is 18.1 Å². The average Bonchev–Trinajstić information content (AvgIpc) is 3.99. The van der Waals surface area contributed by atoms with Gasteiger partial charge < -0.3 is 35.1 Å². The van der Waals surface area contributed by atoms with E-state index in [1.165, 1.54) is 7.11 Å². The van der Waals surface area contributed by atoms with Gasteiger partial charge in [0.25, 0.3) is 0 Å². The number of likely N-dealkylation sites (tertiary alicyclic amines) is 2. The molecule has 3 fully saturated rings. The van der Waals surface area contributed by atoms with Gasteiger partial charge in [-0.15, -0.1) is 0 Å². The molecule has 3 amide bonds. The predicted molar refractivity (Wildman–Crippen MR) is 192 cm³/mol. The van der Waals surface area contributed by atoms with Crippen LogP contribution in [0.25, 0.3) is 44.5 Å². The molecule has 3 aromatic carbocycles. The lowest BCUT2D eigenvalue weighted by atomic mass is 9.98. The number of H-pyrrole nitrogens is 2. The number of carbonyl (C=O) groups is 4. The van der Waals surface area contributed by atoms with Crippen LogP contribution in [0.4, 0.5) is 4.79 Å². The zero-order chi connectivity index (χ0) is 35.7. The van der Waals surface area contributed by atoms with Crippen molar-refractivity contribution in [1.29, 1.82) is 0 Å². The highest BCUT2D eigenvalue weighted by atomic mass is 16.5. The number of aromatic nitrogens is 4. The van der Waals surface area contributed by atoms with E-state index in [-0.39, 0.29) is 42.3 Å². The Balaban J connectivity index is 0.937. The van der Waals surface area contributed by atoms with E-state index in [0.717, 1.165) is 76.1 Å². The van der Waals surface area contributed by atoms with Gasteiger partial charge in [-0.2, -0.15) is 0 Å². The highest BCUT2D eigenvalue weighted by Crippen LogP contribution is 2.50. The zero-order valence-corrected chi connectivity index (χ0v) is 28.9. The molecule has 52 heavy (non-hydrogen) atoms. The van der Waals surface area contributed by atoms with Gasteiger partial charge in [0.15, 0.2) is 5.78 Å². The van der Waals surface area contributed by atoms with Crippen molar-refractivity contribution in [3.63, 3.8) is 0 Å². The van der Waals surface area contributed by atoms with Crippen LogP contribution in [-0.2, 0) is 14.3 Å². The Bertz CT molecular complexity index is 2290. The molecule has 264 valence electrons. The van der Waals surface area contributed by atoms with E-state index in [9.17, 15) is 19.2 Å². The van der Waals surface area contributed by atoms with E-state index >= 15 is 0 Å². The molecular formula is C39H38N8O5. The number of likely N-dealkylation sites (N-methyl/N-ethyl adjacent to an activating group) is 1. The second-order valence-corrected chi connectivity index (χ2v) is 14.1. The number of fused-ring (bicyclic) bond motifs is 6. The number of alkyl carbamates (subject to hydrolysis) is 1. The van der Waals surface area contributed by atoms with Gasteiger partial charge in [-0.05, 0) is 85.2 Å². The summed E-state index contributed by atoms with van der Waals surface area (Å²) in [6, 6.07) is 18.0. The fourth-order valence-electron chi connectivity index (χ4n) is 8.66. The summed E-state index contributed by atoms with van der Waals surface area (Å²) in [5.41, 5.74) is 8.32. The number of hydrogen-bond donors (Lipinski definition) is 4. The maximum Gasteiger partial charge on any atom is 0.407 e. The average molecular weight is 699 g/mol. The largest absolute Gasteiger partial charge is 0.453 e. The Morgan fingerprint density at radius 1 is 0.865 bits per heavy atom. The molecule has 4 atom stereocenters. The van der Waals surface area contributed by atoms with Crippen LogP contribution in [0.1, 0.15) is 65.3 Å². The maximum absolute atomic E-state index is 13.9. The quantitative estimate of drug-likeness (QED) is 0.177. The molecule has 2 aliphatic carbocycles. The van der Waals surface area contributed by atoms with E-state index in [0.29, 0.717) is 36.0 Å². The van der Waals surface area contributed by atoms with Crippen LogP contribution in [-0.4, -0.2) is 93.3 Å². The third kappa shape index (κ3) is 5.17. The summed E-state index contributed by atoms with van der Waals surface area (Å²) in [5, 5.41) is 5.44. The number of aromatic amines is 2. The number of piperidine rings is 1. The van der Waals surface area contributed by atoms with Gasteiger partial charge in [-0.1, -0.05) is 30.3 Å². The van der Waals surface area contributed by atoms with E-state index < -0.39 is 6.09 Å². The summed E-state index contributed by atoms with van der Waals surface area (Å²) in [4.78, 5) is 71.1. The molecular weight excluding hydrogens is 660 g/mol. The molecule has 4 aliphatic rings. The molecule has 1 saturated carbocycles. The first-order chi connectivity index (χ1) is 25.3. The van der Waals surface area contributed by atoms with Crippen LogP contribution in [0.3, 0.4) is 0 Å². The van der Waals surface area contributed by atoms with Crippen molar-refractivity contribution in [2.75, 3.05) is 33.8 Å². The second-order valence-electron chi connectivity index (χ2n) is 14.1. The SMILES string of the molecule is CNCC(=O)N1[C@@H]2CC[C@@H](C2)[C@H]1c1nc2ccc(-c3ccc4c(c3)C(=O)c3cc(-c5cnc(C6CCN6C(=O)CNC(=O)OC)[nH]5)ccc3-4)cc2[nH]1. The molecule has 2 saturated heterocycles. The fraction of sp³-hybridized carbons (Fsp3) is 0.333. The second kappa shape index (κ2) is 12.4. The molecule has 2 aromatic heterocycles. The standard InChI is InChI=1S/C39H38N8O5/c1-40-18-34(49)47-24-7-3-23(13-24)35(47)38-43-29-10-6-21(16-30(29)44-38)20-4-8-25-26-9-5-22(15-28(26)36(50)27(25)14-20)31-17-41-37(45-31)32-11-12-46(32)33(48)19-42-39(51)52-2/h4-6,8-10,14-17,23-24,32,35,40H,3,7,11-13,18-19H2,1-2H3,(H,41,45)(H,42,51)(H,43,44)/t23-,24+,32?,35-/m0/s1. The minimum Gasteiger partial charge on any atom is -0.453 e. The topological polar surface area (TPSA) is 165 Å². The summed E-state index contributed by atoms with van der Waals surface area (Å²) in [5.74, 6) is 1.79. The van der Waals surface area contributed by atoms with Crippen LogP contribution in [0.5, 0.6) is 0 Å². The maximum atomic E-state index is 13.9. The summed E-state index contributed by atoms with van der Waals surface area (Å²) < 4.78 is 4.55. The number of ketones is 1. The van der Waals surface area contributed by atoms with Crippen molar-refractivity contribution in [2.45, 2.75) is 43.8 Å². The van der Waals surface area contributed by atoms with Crippen molar-refractivity contribution in [2.24, 2.45) is 5.92 Å². The number of hydrogen-bond acceptors (Lipinski definition) is 8. The first-order valence-corrected chi connectivity index (χ1v) is 17.8. The van der Waals surface area contributed by atoms with Crippen molar-refractivity contribution in [3.05, 3.63) is 83.6 Å². The molecule has 9 rings (SSSR count). The Morgan fingerprint density at radius 2 is 1.62 bits per heavy atom. The summed E-state index contributed by atoms with van der Waals surface area (Å²) in [6.45, 7) is 0.746. The molecule has 4 N–H and O–H groups in total. The first-order valence-electron chi connectivity index (χ1n) is 17.8. The molecule has 0 radical (unpaired) electrons. The van der Waals surface area contributed by atoms with E-state index in [4.69, 9.17) is 4.98 Å². The van der Waals surface area contributed by atoms with Gasteiger partial charge in [0, 0.05) is 29.3 Å². The summed E-state index contributed by atoms with van der Waals surface area (Å²) in [7, 11) is 3.05. The third-order valence-electron chi connectivity index (χ3n) is 11.3. The lowest BCUT2D eigenvalue weighted by molar-refractivity contribution is -0.138. The van der Waals surface area contributed by atoms with Crippen LogP contribution in [0.2, 0.25) is 0 Å².